The third-order valence-electron chi connectivity index (χ3n) is 3.48. The van der Waals surface area contributed by atoms with Gasteiger partial charge in [-0.25, -0.2) is 4.79 Å². The summed E-state index contributed by atoms with van der Waals surface area (Å²) in [5.41, 5.74) is 5.50. The van der Waals surface area contributed by atoms with Gasteiger partial charge in [-0.1, -0.05) is 13.8 Å². The first kappa shape index (κ1) is 16.8. The van der Waals surface area contributed by atoms with E-state index in [0.29, 0.717) is 25.6 Å². The normalized spacial score (nSPS) is 20.6. The van der Waals surface area contributed by atoms with Gasteiger partial charge in [0.25, 0.3) is 0 Å². The average Bonchev–Trinajstić information content (AvgIpc) is 2.44. The summed E-state index contributed by atoms with van der Waals surface area (Å²) in [6.45, 7) is 8.30. The maximum atomic E-state index is 12.1. The minimum atomic E-state index is -0.123. The molecule has 0 aromatic rings. The lowest BCUT2D eigenvalue weighted by Crippen LogP contribution is -2.51. The fourth-order valence-electron chi connectivity index (χ4n) is 2.20. The zero-order valence-corrected chi connectivity index (χ0v) is 12.8. The molecule has 1 aliphatic rings. The summed E-state index contributed by atoms with van der Waals surface area (Å²) < 4.78 is 0. The molecule has 1 heterocycles. The number of carbonyl (C=O) groups excluding carboxylic acids is 2. The number of piperidine rings is 1. The lowest BCUT2D eigenvalue weighted by Gasteiger charge is -2.32. The van der Waals surface area contributed by atoms with Gasteiger partial charge in [0.1, 0.15) is 0 Å². The molecule has 0 radical (unpaired) electrons. The minimum absolute atomic E-state index is 0.00399. The zero-order chi connectivity index (χ0) is 15.1. The summed E-state index contributed by atoms with van der Waals surface area (Å²) in [4.78, 5) is 25.8. The number of nitrogens with one attached hydrogen (secondary N) is 2. The van der Waals surface area contributed by atoms with Crippen LogP contribution in [0, 0.1) is 11.8 Å². The minimum Gasteiger partial charge on any atom is -0.352 e. The summed E-state index contributed by atoms with van der Waals surface area (Å²) in [6.07, 6.45) is 1.70. The molecule has 1 rings (SSSR count). The van der Waals surface area contributed by atoms with Crippen LogP contribution in [0.5, 0.6) is 0 Å². The molecule has 0 aromatic carbocycles. The van der Waals surface area contributed by atoms with Crippen LogP contribution in [-0.4, -0.2) is 49.1 Å². The predicted molar refractivity (Wildman–Crippen MR) is 79.2 cm³/mol. The van der Waals surface area contributed by atoms with Crippen molar-refractivity contribution in [3.63, 3.8) is 0 Å². The summed E-state index contributed by atoms with van der Waals surface area (Å²) >= 11 is 0. The molecular weight excluding hydrogens is 256 g/mol. The van der Waals surface area contributed by atoms with E-state index in [-0.39, 0.29) is 23.9 Å². The first-order chi connectivity index (χ1) is 9.43. The molecule has 0 saturated carbocycles. The lowest BCUT2D eigenvalue weighted by molar-refractivity contribution is -0.126. The van der Waals surface area contributed by atoms with Gasteiger partial charge in [-0.15, -0.1) is 0 Å². The van der Waals surface area contributed by atoms with Gasteiger partial charge >= 0.3 is 6.03 Å². The number of likely N-dealkylation sites (tertiary alicyclic amines) is 1. The highest BCUT2D eigenvalue weighted by atomic mass is 16.2. The van der Waals surface area contributed by atoms with Crippen LogP contribution in [0.15, 0.2) is 0 Å². The van der Waals surface area contributed by atoms with Crippen molar-refractivity contribution < 1.29 is 9.59 Å². The van der Waals surface area contributed by atoms with Crippen LogP contribution in [0.25, 0.3) is 0 Å². The van der Waals surface area contributed by atoms with Crippen molar-refractivity contribution in [1.82, 2.24) is 15.5 Å². The highest BCUT2D eigenvalue weighted by molar-refractivity contribution is 5.81. The molecule has 2 atom stereocenters. The molecule has 1 aliphatic heterocycles. The molecule has 1 saturated heterocycles. The number of hydrogen-bond acceptors (Lipinski definition) is 3. The Morgan fingerprint density at radius 3 is 2.65 bits per heavy atom. The van der Waals surface area contributed by atoms with Crippen LogP contribution in [0.2, 0.25) is 0 Å². The smallest absolute Gasteiger partial charge is 0.317 e. The van der Waals surface area contributed by atoms with Gasteiger partial charge in [0, 0.05) is 32.2 Å². The van der Waals surface area contributed by atoms with Gasteiger partial charge in [0.15, 0.2) is 0 Å². The number of rotatable bonds is 5. The second-order valence-corrected chi connectivity index (χ2v) is 6.01. The van der Waals surface area contributed by atoms with Crippen molar-refractivity contribution in [3.05, 3.63) is 0 Å². The molecule has 6 nitrogen and oxygen atoms in total. The van der Waals surface area contributed by atoms with E-state index in [4.69, 9.17) is 5.73 Å². The molecule has 20 heavy (non-hydrogen) atoms. The first-order valence-corrected chi connectivity index (χ1v) is 7.47. The topological polar surface area (TPSA) is 87.5 Å². The summed E-state index contributed by atoms with van der Waals surface area (Å²) in [7, 11) is 0. The van der Waals surface area contributed by atoms with Gasteiger partial charge in [-0.3, -0.25) is 4.79 Å². The Morgan fingerprint density at radius 2 is 2.05 bits per heavy atom. The number of amides is 3. The Balaban J connectivity index is 2.45. The quantitative estimate of drug-likeness (QED) is 0.688. The number of nitrogens with zero attached hydrogens (tertiary/aromatic N) is 1. The SMILES string of the molecule is CC(C)CNC(=O)N1CCCC(C(=O)N[C@@H](C)CN)C1. The predicted octanol–water partition coefficient (Wildman–Crippen LogP) is 0.527. The van der Waals surface area contributed by atoms with E-state index < -0.39 is 0 Å². The van der Waals surface area contributed by atoms with Crippen molar-refractivity contribution in [1.29, 1.82) is 0 Å². The number of nitrogens with two attached hydrogens (primary N) is 1. The maximum Gasteiger partial charge on any atom is 0.317 e. The third kappa shape index (κ3) is 5.36. The van der Waals surface area contributed by atoms with E-state index in [1.165, 1.54) is 0 Å². The van der Waals surface area contributed by atoms with Crippen molar-refractivity contribution in [2.45, 2.75) is 39.7 Å². The molecule has 6 heteroatoms. The van der Waals surface area contributed by atoms with Gasteiger partial charge in [-0.2, -0.15) is 0 Å². The van der Waals surface area contributed by atoms with Crippen molar-refractivity contribution in [2.75, 3.05) is 26.2 Å². The van der Waals surface area contributed by atoms with Crippen LogP contribution in [0.3, 0.4) is 0 Å². The summed E-state index contributed by atoms with van der Waals surface area (Å²) in [6, 6.07) is -0.0873. The van der Waals surface area contributed by atoms with Crippen LogP contribution >= 0.6 is 0 Å². The first-order valence-electron chi connectivity index (χ1n) is 7.47. The van der Waals surface area contributed by atoms with Crippen molar-refractivity contribution in [2.24, 2.45) is 17.6 Å². The van der Waals surface area contributed by atoms with Crippen molar-refractivity contribution in [3.8, 4) is 0 Å². The van der Waals surface area contributed by atoms with E-state index >= 15 is 0 Å². The molecule has 1 unspecified atom stereocenters. The number of urea groups is 1. The fourth-order valence-corrected chi connectivity index (χ4v) is 2.20. The van der Waals surface area contributed by atoms with Gasteiger partial charge in [-0.05, 0) is 25.7 Å². The number of carbonyl (C=O) groups is 2. The zero-order valence-electron chi connectivity index (χ0n) is 12.8. The average molecular weight is 284 g/mol. The molecular formula is C14H28N4O2. The summed E-state index contributed by atoms with van der Waals surface area (Å²) in [5.74, 6) is 0.306. The Labute approximate surface area is 121 Å². The molecule has 0 aliphatic carbocycles. The largest absolute Gasteiger partial charge is 0.352 e. The molecule has 0 spiro atoms. The van der Waals surface area contributed by atoms with Crippen LogP contribution in [-0.2, 0) is 4.79 Å². The van der Waals surface area contributed by atoms with E-state index in [1.54, 1.807) is 4.90 Å². The van der Waals surface area contributed by atoms with E-state index in [9.17, 15) is 9.59 Å². The molecule has 116 valence electrons. The Bertz CT molecular complexity index is 333. The monoisotopic (exact) mass is 284 g/mol. The molecule has 1 fully saturated rings. The Hall–Kier alpha value is -1.30. The van der Waals surface area contributed by atoms with Crippen LogP contribution < -0.4 is 16.4 Å². The second-order valence-electron chi connectivity index (χ2n) is 6.01. The summed E-state index contributed by atoms with van der Waals surface area (Å²) in [5, 5.41) is 5.79. The van der Waals surface area contributed by atoms with Crippen LogP contribution in [0.4, 0.5) is 4.79 Å². The highest BCUT2D eigenvalue weighted by Crippen LogP contribution is 2.16. The number of hydrogen-bond donors (Lipinski definition) is 3. The van der Waals surface area contributed by atoms with Gasteiger partial charge in [0.2, 0.25) is 5.91 Å². The Kier molecular flexibility index (Phi) is 6.78. The van der Waals surface area contributed by atoms with Gasteiger partial charge in [0.05, 0.1) is 5.92 Å². The molecule has 0 aromatic heterocycles. The molecule has 3 amide bonds. The third-order valence-corrected chi connectivity index (χ3v) is 3.48. The molecule has 4 N–H and O–H groups in total. The van der Waals surface area contributed by atoms with Crippen molar-refractivity contribution >= 4 is 11.9 Å². The highest BCUT2D eigenvalue weighted by Gasteiger charge is 2.28. The van der Waals surface area contributed by atoms with E-state index in [2.05, 4.69) is 24.5 Å². The standard InChI is InChI=1S/C14H28N4O2/c1-10(2)8-16-14(20)18-6-4-5-12(9-18)13(19)17-11(3)7-15/h10-12H,4-9,15H2,1-3H3,(H,16,20)(H,17,19)/t11-,12?/m0/s1. The Morgan fingerprint density at radius 1 is 1.35 bits per heavy atom. The maximum absolute atomic E-state index is 12.1. The van der Waals surface area contributed by atoms with Gasteiger partial charge < -0.3 is 21.3 Å². The van der Waals surface area contributed by atoms with E-state index in [0.717, 1.165) is 19.4 Å². The molecule has 0 bridgehead atoms. The second kappa shape index (κ2) is 8.09. The lowest BCUT2D eigenvalue weighted by atomic mass is 9.97. The van der Waals surface area contributed by atoms with E-state index in [1.807, 2.05) is 6.92 Å². The van der Waals surface area contributed by atoms with Crippen LogP contribution in [0.1, 0.15) is 33.6 Å². The fraction of sp³-hybridized carbons (Fsp3) is 0.857.